The van der Waals surface area contributed by atoms with Gasteiger partial charge in [-0.1, -0.05) is 32.0 Å². The molecule has 0 radical (unpaired) electrons. The molecule has 0 bridgehead atoms. The first-order valence-corrected chi connectivity index (χ1v) is 13.4. The number of aromatic nitrogens is 4. The molecule has 1 aliphatic carbocycles. The molecule has 38 heavy (non-hydrogen) atoms. The Morgan fingerprint density at radius 1 is 1.00 bits per heavy atom. The van der Waals surface area contributed by atoms with Gasteiger partial charge in [-0.2, -0.15) is 5.10 Å². The summed E-state index contributed by atoms with van der Waals surface area (Å²) < 4.78 is 7.95. The number of nitrogen functional groups attached to an aromatic ring is 1. The van der Waals surface area contributed by atoms with Crippen LogP contribution in [0.4, 0.5) is 5.82 Å². The largest absolute Gasteiger partial charge is 0.457 e. The third-order valence-corrected chi connectivity index (χ3v) is 7.22. The molecular formula is C29H37N7O2. The second-order valence-corrected chi connectivity index (χ2v) is 10.6. The molecule has 200 valence electrons. The minimum atomic E-state index is -0.697. The topological polar surface area (TPSA) is 137 Å². The molecule has 1 aliphatic rings. The number of nitrogens with two attached hydrogens (primary N) is 2. The summed E-state index contributed by atoms with van der Waals surface area (Å²) in [6.45, 7) is 4.23. The van der Waals surface area contributed by atoms with Crippen LogP contribution in [0.5, 0.6) is 11.5 Å². The molecule has 2 heterocycles. The average molecular weight is 516 g/mol. The van der Waals surface area contributed by atoms with Gasteiger partial charge in [-0.05, 0) is 74.4 Å². The standard InChI is InChI=1S/C29H37N7O2/c1-18(2)16-24(30)29(37)34-20-10-12-21(13-11-20)36-28-25(27(31)32-17-33-28)26(35-36)19-8-14-23(15-9-19)38-22-6-4-3-5-7-22/h3-9,14-15,17-18,20-21,24,29,34,37H,10-13,16,30H2,1-2H3,(H2,31,32,33)/t20?,21?,24-,29?/m1/s1. The summed E-state index contributed by atoms with van der Waals surface area (Å²) in [5.41, 5.74) is 14.9. The lowest BCUT2D eigenvalue weighted by Crippen LogP contribution is -2.50. The molecule has 1 saturated carbocycles. The molecule has 2 atom stereocenters. The van der Waals surface area contributed by atoms with Crippen molar-refractivity contribution in [2.75, 3.05) is 5.73 Å². The Balaban J connectivity index is 1.32. The third kappa shape index (κ3) is 5.80. The van der Waals surface area contributed by atoms with Gasteiger partial charge in [0.2, 0.25) is 0 Å². The maximum Gasteiger partial charge on any atom is 0.164 e. The molecule has 9 nitrogen and oxygen atoms in total. The van der Waals surface area contributed by atoms with Gasteiger partial charge < -0.3 is 21.3 Å². The predicted octanol–water partition coefficient (Wildman–Crippen LogP) is 4.63. The molecule has 5 rings (SSSR count). The Kier molecular flexibility index (Phi) is 7.87. The highest BCUT2D eigenvalue weighted by Crippen LogP contribution is 2.36. The van der Waals surface area contributed by atoms with E-state index in [0.717, 1.165) is 65.9 Å². The zero-order valence-corrected chi connectivity index (χ0v) is 22.0. The van der Waals surface area contributed by atoms with E-state index in [4.69, 9.17) is 21.3 Å². The van der Waals surface area contributed by atoms with Crippen molar-refractivity contribution in [3.63, 3.8) is 0 Å². The zero-order valence-electron chi connectivity index (χ0n) is 22.0. The number of hydrogen-bond donors (Lipinski definition) is 4. The number of rotatable bonds is 9. The fourth-order valence-electron chi connectivity index (χ4n) is 5.28. The van der Waals surface area contributed by atoms with Gasteiger partial charge >= 0.3 is 0 Å². The Bertz CT molecular complexity index is 1330. The van der Waals surface area contributed by atoms with Crippen LogP contribution < -0.4 is 21.5 Å². The maximum absolute atomic E-state index is 10.5. The van der Waals surface area contributed by atoms with Crippen molar-refractivity contribution in [3.8, 4) is 22.8 Å². The molecule has 2 aromatic heterocycles. The van der Waals surface area contributed by atoms with Gasteiger partial charge in [-0.3, -0.25) is 5.32 Å². The van der Waals surface area contributed by atoms with Crippen LogP contribution in [0.3, 0.4) is 0 Å². The number of anilines is 1. The van der Waals surface area contributed by atoms with E-state index in [2.05, 4.69) is 29.1 Å². The average Bonchev–Trinajstić information content (AvgIpc) is 3.31. The first-order chi connectivity index (χ1) is 18.4. The van der Waals surface area contributed by atoms with Crippen LogP contribution in [0.2, 0.25) is 0 Å². The van der Waals surface area contributed by atoms with E-state index >= 15 is 0 Å². The highest BCUT2D eigenvalue weighted by atomic mass is 16.5. The van der Waals surface area contributed by atoms with Crippen molar-refractivity contribution in [2.45, 2.75) is 70.3 Å². The lowest BCUT2D eigenvalue weighted by atomic mass is 9.90. The van der Waals surface area contributed by atoms with Crippen LogP contribution in [0.25, 0.3) is 22.3 Å². The van der Waals surface area contributed by atoms with Gasteiger partial charge in [0.25, 0.3) is 0 Å². The zero-order chi connectivity index (χ0) is 26.6. The molecule has 0 amide bonds. The molecule has 1 fully saturated rings. The quantitative estimate of drug-likeness (QED) is 0.237. The molecule has 6 N–H and O–H groups in total. The van der Waals surface area contributed by atoms with E-state index in [-0.39, 0.29) is 18.1 Å². The SMILES string of the molecule is CC(C)C[C@@H](N)C(O)NC1CCC(n2nc(-c3ccc(Oc4ccccc4)cc3)c3c(N)ncnc32)CC1. The van der Waals surface area contributed by atoms with Crippen molar-refractivity contribution in [2.24, 2.45) is 11.7 Å². The summed E-state index contributed by atoms with van der Waals surface area (Å²) in [6.07, 6.45) is 5.24. The molecule has 0 aliphatic heterocycles. The van der Waals surface area contributed by atoms with Gasteiger partial charge in [0, 0.05) is 17.6 Å². The van der Waals surface area contributed by atoms with Crippen LogP contribution in [-0.2, 0) is 0 Å². The van der Waals surface area contributed by atoms with E-state index in [9.17, 15) is 5.11 Å². The number of ether oxygens (including phenoxy) is 1. The molecule has 1 unspecified atom stereocenters. The van der Waals surface area contributed by atoms with Gasteiger partial charge in [0.05, 0.1) is 11.4 Å². The summed E-state index contributed by atoms with van der Waals surface area (Å²) in [7, 11) is 0. The van der Waals surface area contributed by atoms with E-state index in [0.29, 0.717) is 11.7 Å². The molecular weight excluding hydrogens is 478 g/mol. The number of fused-ring (bicyclic) bond motifs is 1. The van der Waals surface area contributed by atoms with E-state index in [1.165, 1.54) is 6.33 Å². The molecule has 0 saturated heterocycles. The number of benzene rings is 2. The highest BCUT2D eigenvalue weighted by Gasteiger charge is 2.29. The van der Waals surface area contributed by atoms with Crippen molar-refractivity contribution in [3.05, 3.63) is 60.9 Å². The molecule has 4 aromatic rings. The van der Waals surface area contributed by atoms with Crippen LogP contribution in [-0.4, -0.2) is 43.2 Å². The number of para-hydroxylation sites is 1. The molecule has 0 spiro atoms. The highest BCUT2D eigenvalue weighted by molar-refractivity contribution is 5.98. The summed E-state index contributed by atoms with van der Waals surface area (Å²) in [6, 6.07) is 17.7. The number of aliphatic hydroxyl groups excluding tert-OH is 1. The monoisotopic (exact) mass is 515 g/mol. The second kappa shape index (κ2) is 11.5. The smallest absolute Gasteiger partial charge is 0.164 e. The predicted molar refractivity (Wildman–Crippen MR) is 150 cm³/mol. The number of hydrogen-bond acceptors (Lipinski definition) is 8. The summed E-state index contributed by atoms with van der Waals surface area (Å²) in [4.78, 5) is 8.81. The summed E-state index contributed by atoms with van der Waals surface area (Å²) in [5, 5.41) is 19.6. The first-order valence-electron chi connectivity index (χ1n) is 13.4. The van der Waals surface area contributed by atoms with Crippen LogP contribution in [0, 0.1) is 5.92 Å². The van der Waals surface area contributed by atoms with Gasteiger partial charge in [0.15, 0.2) is 5.65 Å². The van der Waals surface area contributed by atoms with E-state index in [1.807, 2.05) is 59.3 Å². The summed E-state index contributed by atoms with van der Waals surface area (Å²) in [5.74, 6) is 2.39. The Morgan fingerprint density at radius 2 is 1.68 bits per heavy atom. The minimum absolute atomic E-state index is 0.181. The van der Waals surface area contributed by atoms with Crippen molar-refractivity contribution >= 4 is 16.9 Å². The van der Waals surface area contributed by atoms with Gasteiger partial charge in [-0.25, -0.2) is 14.6 Å². The first kappa shape index (κ1) is 26.1. The summed E-state index contributed by atoms with van der Waals surface area (Å²) >= 11 is 0. The van der Waals surface area contributed by atoms with Crippen molar-refractivity contribution < 1.29 is 9.84 Å². The van der Waals surface area contributed by atoms with Crippen molar-refractivity contribution in [1.82, 2.24) is 25.1 Å². The lowest BCUT2D eigenvalue weighted by Gasteiger charge is -2.32. The lowest BCUT2D eigenvalue weighted by molar-refractivity contribution is 0.0772. The molecule has 2 aromatic carbocycles. The fraction of sp³-hybridized carbons (Fsp3) is 0.414. The Morgan fingerprint density at radius 3 is 2.37 bits per heavy atom. The van der Waals surface area contributed by atoms with Crippen LogP contribution in [0.1, 0.15) is 52.0 Å². The van der Waals surface area contributed by atoms with E-state index < -0.39 is 6.23 Å². The van der Waals surface area contributed by atoms with Gasteiger partial charge in [0.1, 0.15) is 35.6 Å². The number of nitrogens with zero attached hydrogens (tertiary/aromatic N) is 4. The number of nitrogens with one attached hydrogen (secondary N) is 1. The van der Waals surface area contributed by atoms with Crippen LogP contribution in [0.15, 0.2) is 60.9 Å². The normalized spacial score (nSPS) is 19.5. The Labute approximate surface area is 223 Å². The number of aliphatic hydroxyl groups is 1. The second-order valence-electron chi connectivity index (χ2n) is 10.6. The molecule has 9 heteroatoms. The third-order valence-electron chi connectivity index (χ3n) is 7.22. The van der Waals surface area contributed by atoms with E-state index in [1.54, 1.807) is 0 Å². The minimum Gasteiger partial charge on any atom is -0.457 e. The fourth-order valence-corrected chi connectivity index (χ4v) is 5.28. The maximum atomic E-state index is 10.5. The van der Waals surface area contributed by atoms with Crippen LogP contribution >= 0.6 is 0 Å². The Hall–Kier alpha value is -3.53. The van der Waals surface area contributed by atoms with Gasteiger partial charge in [-0.15, -0.1) is 0 Å². The van der Waals surface area contributed by atoms with Crippen molar-refractivity contribution in [1.29, 1.82) is 0 Å².